The first-order valence-electron chi connectivity index (χ1n) is 6.05. The fourth-order valence-corrected chi connectivity index (χ4v) is 1.73. The monoisotopic (exact) mass is 264 g/mol. The molecule has 102 valence electrons. The van der Waals surface area contributed by atoms with Crippen molar-refractivity contribution in [1.82, 2.24) is 4.90 Å². The lowest BCUT2D eigenvalue weighted by Crippen LogP contribution is -2.25. The van der Waals surface area contributed by atoms with Gasteiger partial charge in [0.25, 0.3) is 0 Å². The van der Waals surface area contributed by atoms with Crippen molar-refractivity contribution in [2.24, 2.45) is 0 Å². The predicted molar refractivity (Wildman–Crippen MR) is 69.1 cm³/mol. The number of ether oxygens (including phenoxy) is 1. The molecule has 0 aliphatic rings. The molecule has 0 N–H and O–H groups in total. The Morgan fingerprint density at radius 2 is 2.26 bits per heavy atom. The van der Waals surface area contributed by atoms with Crippen LogP contribution in [0.3, 0.4) is 0 Å². The molecule has 1 aromatic rings. The molecule has 0 aliphatic carbocycles. The molecule has 0 amide bonds. The Morgan fingerprint density at radius 3 is 2.84 bits per heavy atom. The number of carbonyl (C=O) groups is 1. The van der Waals surface area contributed by atoms with Crippen LogP contribution < -0.4 is 4.74 Å². The van der Waals surface area contributed by atoms with Crippen LogP contribution in [0.4, 0.5) is 4.39 Å². The van der Waals surface area contributed by atoms with E-state index in [0.29, 0.717) is 13.2 Å². The van der Waals surface area contributed by atoms with E-state index in [1.54, 1.807) is 31.0 Å². The number of carbonyl (C=O) groups excluding carboxylic acids is 1. The number of halogens is 1. The summed E-state index contributed by atoms with van der Waals surface area (Å²) >= 11 is 0. The molecule has 0 heterocycles. The van der Waals surface area contributed by atoms with Crippen LogP contribution in [0.15, 0.2) is 18.2 Å². The van der Waals surface area contributed by atoms with Gasteiger partial charge in [-0.15, -0.1) is 0 Å². The van der Waals surface area contributed by atoms with Crippen LogP contribution in [0, 0.1) is 17.1 Å². The minimum atomic E-state index is -0.406. The molecule has 1 aromatic carbocycles. The number of Topliss-reactive ketones (excluding diaryl/α,β-unsaturated/α-hetero) is 1. The third-order valence-electron chi connectivity index (χ3n) is 2.47. The molecule has 1 rings (SSSR count). The average molecular weight is 264 g/mol. The molecule has 19 heavy (non-hydrogen) atoms. The fraction of sp³-hybridized carbons (Fsp3) is 0.429. The van der Waals surface area contributed by atoms with Gasteiger partial charge >= 0.3 is 0 Å². The molecular formula is C14H17FN2O2. The van der Waals surface area contributed by atoms with Gasteiger partial charge in [-0.2, -0.15) is 5.26 Å². The normalized spacial score (nSPS) is 10.3. The number of benzene rings is 1. The van der Waals surface area contributed by atoms with Gasteiger partial charge in [-0.3, -0.25) is 9.69 Å². The number of nitriles is 1. The zero-order chi connectivity index (χ0) is 14.3. The van der Waals surface area contributed by atoms with Gasteiger partial charge in [-0.1, -0.05) is 6.07 Å². The standard InChI is InChI=1S/C14H17FN2O2/c1-3-19-14-5-4-11(8-13(14)15)9-17(2)10-12(18)6-7-16/h4-5,8H,3,6,9-10H2,1-2H3. The highest BCUT2D eigenvalue weighted by Crippen LogP contribution is 2.19. The van der Waals surface area contributed by atoms with Crippen molar-refractivity contribution >= 4 is 5.78 Å². The van der Waals surface area contributed by atoms with Crippen LogP contribution in [-0.4, -0.2) is 30.9 Å². The fourth-order valence-electron chi connectivity index (χ4n) is 1.73. The highest BCUT2D eigenvalue weighted by atomic mass is 19.1. The summed E-state index contributed by atoms with van der Waals surface area (Å²) in [7, 11) is 1.75. The number of hydrogen-bond donors (Lipinski definition) is 0. The number of hydrogen-bond acceptors (Lipinski definition) is 4. The largest absolute Gasteiger partial charge is 0.491 e. The summed E-state index contributed by atoms with van der Waals surface area (Å²) in [5.41, 5.74) is 0.758. The molecule has 5 heteroatoms. The van der Waals surface area contributed by atoms with E-state index in [2.05, 4.69) is 0 Å². The van der Waals surface area contributed by atoms with Gasteiger partial charge in [0.15, 0.2) is 17.3 Å². The van der Waals surface area contributed by atoms with E-state index in [0.717, 1.165) is 5.56 Å². The molecule has 4 nitrogen and oxygen atoms in total. The summed E-state index contributed by atoms with van der Waals surface area (Å²) < 4.78 is 18.7. The predicted octanol–water partition coefficient (Wildman–Crippen LogP) is 2.14. The van der Waals surface area contributed by atoms with E-state index in [1.807, 2.05) is 6.07 Å². The summed E-state index contributed by atoms with van der Waals surface area (Å²) in [4.78, 5) is 13.0. The molecule has 0 spiro atoms. The van der Waals surface area contributed by atoms with E-state index >= 15 is 0 Å². The second-order valence-corrected chi connectivity index (χ2v) is 4.24. The molecule has 0 atom stereocenters. The zero-order valence-corrected chi connectivity index (χ0v) is 11.1. The van der Waals surface area contributed by atoms with Gasteiger partial charge in [0, 0.05) is 6.54 Å². The van der Waals surface area contributed by atoms with Crippen molar-refractivity contribution in [2.45, 2.75) is 19.9 Å². The third kappa shape index (κ3) is 5.06. The van der Waals surface area contributed by atoms with Gasteiger partial charge in [0.1, 0.15) is 0 Å². The molecular weight excluding hydrogens is 247 g/mol. The SMILES string of the molecule is CCOc1ccc(CN(C)CC(=O)CC#N)cc1F. The smallest absolute Gasteiger partial charge is 0.165 e. The van der Waals surface area contributed by atoms with Gasteiger partial charge in [-0.25, -0.2) is 4.39 Å². The van der Waals surface area contributed by atoms with E-state index < -0.39 is 5.82 Å². The molecule has 0 fully saturated rings. The number of likely N-dealkylation sites (N-methyl/N-ethyl adjacent to an activating group) is 1. The van der Waals surface area contributed by atoms with Crippen LogP contribution in [0.2, 0.25) is 0 Å². The maximum absolute atomic E-state index is 13.6. The minimum absolute atomic E-state index is 0.0953. The van der Waals surface area contributed by atoms with Gasteiger partial charge in [0.2, 0.25) is 0 Å². The molecule has 0 aromatic heterocycles. The van der Waals surface area contributed by atoms with Gasteiger partial charge < -0.3 is 4.74 Å². The zero-order valence-electron chi connectivity index (χ0n) is 11.1. The van der Waals surface area contributed by atoms with Crippen molar-refractivity contribution in [1.29, 1.82) is 5.26 Å². The lowest BCUT2D eigenvalue weighted by molar-refractivity contribution is -0.119. The molecule has 0 saturated carbocycles. The highest BCUT2D eigenvalue weighted by molar-refractivity contribution is 5.82. The lowest BCUT2D eigenvalue weighted by atomic mass is 10.2. The Balaban J connectivity index is 2.60. The van der Waals surface area contributed by atoms with Crippen molar-refractivity contribution in [3.63, 3.8) is 0 Å². The summed E-state index contributed by atoms with van der Waals surface area (Å²) in [6.07, 6.45) is -0.0953. The summed E-state index contributed by atoms with van der Waals surface area (Å²) in [6.45, 7) is 2.84. The van der Waals surface area contributed by atoms with E-state index in [4.69, 9.17) is 10.00 Å². The van der Waals surface area contributed by atoms with Gasteiger partial charge in [0.05, 0.1) is 25.6 Å². The second-order valence-electron chi connectivity index (χ2n) is 4.24. The van der Waals surface area contributed by atoms with Gasteiger partial charge in [-0.05, 0) is 31.7 Å². The Kier molecular flexibility index (Phi) is 5.97. The summed E-state index contributed by atoms with van der Waals surface area (Å²) in [6, 6.07) is 6.56. The van der Waals surface area contributed by atoms with Crippen LogP contribution in [0.5, 0.6) is 5.75 Å². The lowest BCUT2D eigenvalue weighted by Gasteiger charge is -2.15. The van der Waals surface area contributed by atoms with Crippen molar-refractivity contribution in [2.75, 3.05) is 20.2 Å². The summed E-state index contributed by atoms with van der Waals surface area (Å²) in [5, 5.41) is 8.40. The van der Waals surface area contributed by atoms with Crippen molar-refractivity contribution < 1.29 is 13.9 Å². The minimum Gasteiger partial charge on any atom is -0.491 e. The quantitative estimate of drug-likeness (QED) is 0.757. The number of ketones is 1. The molecule has 0 bridgehead atoms. The maximum Gasteiger partial charge on any atom is 0.165 e. The highest BCUT2D eigenvalue weighted by Gasteiger charge is 2.09. The third-order valence-corrected chi connectivity index (χ3v) is 2.47. The maximum atomic E-state index is 13.6. The Morgan fingerprint density at radius 1 is 1.53 bits per heavy atom. The van der Waals surface area contributed by atoms with Crippen LogP contribution >= 0.6 is 0 Å². The average Bonchev–Trinajstić information content (AvgIpc) is 2.32. The van der Waals surface area contributed by atoms with Crippen molar-refractivity contribution in [3.05, 3.63) is 29.6 Å². The van der Waals surface area contributed by atoms with Crippen LogP contribution in [0.25, 0.3) is 0 Å². The number of rotatable bonds is 7. The topological polar surface area (TPSA) is 53.3 Å². The number of nitrogens with zero attached hydrogens (tertiary/aromatic N) is 2. The van der Waals surface area contributed by atoms with Crippen molar-refractivity contribution in [3.8, 4) is 11.8 Å². The molecule has 0 aliphatic heterocycles. The molecule has 0 unspecified atom stereocenters. The Hall–Kier alpha value is -1.93. The van der Waals surface area contributed by atoms with E-state index in [-0.39, 0.29) is 24.5 Å². The van der Waals surface area contributed by atoms with E-state index in [1.165, 1.54) is 6.07 Å². The molecule has 0 radical (unpaired) electrons. The summed E-state index contributed by atoms with van der Waals surface area (Å²) in [5.74, 6) is -0.318. The first-order valence-corrected chi connectivity index (χ1v) is 6.05. The Labute approximate surface area is 112 Å². The molecule has 0 saturated heterocycles. The Bertz CT molecular complexity index is 483. The van der Waals surface area contributed by atoms with Crippen LogP contribution in [-0.2, 0) is 11.3 Å². The van der Waals surface area contributed by atoms with E-state index in [9.17, 15) is 9.18 Å². The van der Waals surface area contributed by atoms with Crippen LogP contribution in [0.1, 0.15) is 18.9 Å². The first-order chi connectivity index (χ1) is 9.06. The first kappa shape index (κ1) is 15.1. The second kappa shape index (κ2) is 7.49.